The van der Waals surface area contributed by atoms with Gasteiger partial charge in [-0.2, -0.15) is 0 Å². The number of fused-ring (bicyclic) bond motifs is 3. The molecule has 5 N–H and O–H groups in total. The number of aromatic amines is 1. The fourth-order valence-electron chi connectivity index (χ4n) is 7.13. The van der Waals surface area contributed by atoms with Crippen molar-refractivity contribution in [2.75, 3.05) is 30.6 Å². The smallest absolute Gasteiger partial charge is 0.291 e. The molecule has 2 aromatic carbocycles. The molecule has 0 aliphatic rings. The maximum absolute atomic E-state index is 7.06. The summed E-state index contributed by atoms with van der Waals surface area (Å²) in [6, 6.07) is 21.7. The summed E-state index contributed by atoms with van der Waals surface area (Å²) in [5, 5.41) is 6.18. The molecule has 11 rings (SSSR count). The Labute approximate surface area is 443 Å². The monoisotopic (exact) mass is 1070 g/mol. The van der Waals surface area contributed by atoms with E-state index >= 15 is 0 Å². The largest absolute Gasteiger partial charge is 0.497 e. The van der Waals surface area contributed by atoms with Crippen LogP contribution in [-0.4, -0.2) is 88.1 Å². The first-order valence-corrected chi connectivity index (χ1v) is 23.5. The van der Waals surface area contributed by atoms with E-state index in [-0.39, 0.29) is 0 Å². The molecule has 0 atom stereocenters. The van der Waals surface area contributed by atoms with Gasteiger partial charge in [0, 0.05) is 25.2 Å². The summed E-state index contributed by atoms with van der Waals surface area (Å²) in [6.07, 6.45) is 14.8. The number of ether oxygens (including phenoxy) is 2. The highest BCUT2D eigenvalue weighted by atomic mass is 79.9. The van der Waals surface area contributed by atoms with Crippen LogP contribution in [0.5, 0.6) is 11.5 Å². The van der Waals surface area contributed by atoms with Gasteiger partial charge in [-0.25, -0.2) is 44.9 Å². The first-order chi connectivity index (χ1) is 36.9. The Morgan fingerprint density at radius 3 is 1.51 bits per heavy atom. The van der Waals surface area contributed by atoms with Gasteiger partial charge in [-0.15, -0.1) is 15.0 Å². The van der Waals surface area contributed by atoms with E-state index in [1.807, 2.05) is 60.9 Å². The van der Waals surface area contributed by atoms with E-state index in [1.54, 1.807) is 66.2 Å². The Morgan fingerprint density at radius 2 is 1.01 bits per heavy atom. The van der Waals surface area contributed by atoms with E-state index in [0.717, 1.165) is 61.3 Å². The predicted molar refractivity (Wildman–Crippen MR) is 291 cm³/mol. The maximum Gasteiger partial charge on any atom is 0.291 e. The summed E-state index contributed by atoms with van der Waals surface area (Å²) < 4.78 is 15.3. The molecular weight excluding hydrogens is 1030 g/mol. The summed E-state index contributed by atoms with van der Waals surface area (Å²) in [6.45, 7) is 27.3. The zero-order valence-corrected chi connectivity index (χ0v) is 42.9. The molecule has 0 unspecified atom stereocenters. The second kappa shape index (κ2) is 24.3. The number of halogens is 1. The maximum atomic E-state index is 7.06. The van der Waals surface area contributed by atoms with Crippen LogP contribution in [0.1, 0.15) is 28.2 Å². The highest BCUT2D eigenvalue weighted by Crippen LogP contribution is 2.24. The van der Waals surface area contributed by atoms with E-state index in [4.69, 9.17) is 34.9 Å². The predicted octanol–water partition coefficient (Wildman–Crippen LogP) is 10.4. The summed E-state index contributed by atoms with van der Waals surface area (Å²) in [5.74, 6) is 5.32. The third-order valence-corrected chi connectivity index (χ3v) is 11.4. The van der Waals surface area contributed by atoms with Crippen molar-refractivity contribution in [1.82, 2.24) is 73.9 Å². The van der Waals surface area contributed by atoms with Gasteiger partial charge in [0.25, 0.3) is 17.5 Å². The van der Waals surface area contributed by atoms with Crippen molar-refractivity contribution >= 4 is 95.6 Å². The van der Waals surface area contributed by atoms with Crippen LogP contribution in [0.15, 0.2) is 127 Å². The second-order valence-electron chi connectivity index (χ2n) is 16.1. The Balaban J connectivity index is 0.000000141. The highest BCUT2D eigenvalue weighted by Gasteiger charge is 2.11. The number of rotatable bonds is 10. The van der Waals surface area contributed by atoms with Crippen LogP contribution < -0.4 is 25.8 Å². The van der Waals surface area contributed by atoms with Crippen molar-refractivity contribution in [2.45, 2.75) is 33.9 Å². The van der Waals surface area contributed by atoms with Crippen molar-refractivity contribution in [3.05, 3.63) is 190 Å². The Hall–Kier alpha value is -10.5. The second-order valence-corrected chi connectivity index (χ2v) is 16.9. The van der Waals surface area contributed by atoms with Crippen LogP contribution in [0.2, 0.25) is 0 Å². The van der Waals surface area contributed by atoms with Crippen LogP contribution >= 0.6 is 15.9 Å². The third kappa shape index (κ3) is 13.1. The molecule has 24 heteroatoms. The number of methoxy groups -OCH3 is 2. The number of hydrogen-bond donors (Lipinski definition) is 4. The molecule has 0 bridgehead atoms. The summed E-state index contributed by atoms with van der Waals surface area (Å²) in [4.78, 5) is 62.7. The summed E-state index contributed by atoms with van der Waals surface area (Å²) in [5.41, 5.74) is 14.8. The summed E-state index contributed by atoms with van der Waals surface area (Å²) in [7, 11) is 3.32. The topological polar surface area (TPSA) is 262 Å². The van der Waals surface area contributed by atoms with Crippen molar-refractivity contribution < 1.29 is 9.47 Å². The molecule has 23 nitrogen and oxygen atoms in total. The number of imidazole rings is 3. The minimum atomic E-state index is 0.298. The number of nitrogens with zero attached hydrogens (tertiary/aromatic N) is 17. The van der Waals surface area contributed by atoms with E-state index in [9.17, 15) is 0 Å². The molecule has 9 heterocycles. The lowest BCUT2D eigenvalue weighted by Crippen LogP contribution is -2.01. The van der Waals surface area contributed by atoms with Crippen LogP contribution in [0.4, 0.5) is 46.5 Å². The quantitative estimate of drug-likeness (QED) is 0.0733. The van der Waals surface area contributed by atoms with Crippen molar-refractivity contribution in [1.29, 1.82) is 0 Å². The van der Waals surface area contributed by atoms with E-state index in [0.29, 0.717) is 70.2 Å². The summed E-state index contributed by atoms with van der Waals surface area (Å²) >= 11 is 3.39. The first-order valence-electron chi connectivity index (χ1n) is 22.7. The van der Waals surface area contributed by atoms with Gasteiger partial charge in [0.05, 0.1) is 90.9 Å². The number of hydrogen-bond acceptors (Lipinski definition) is 17. The van der Waals surface area contributed by atoms with E-state index in [2.05, 4.69) is 127 Å². The molecule has 9 aromatic heterocycles. The molecule has 0 saturated heterocycles. The lowest BCUT2D eigenvalue weighted by atomic mass is 10.2. The highest BCUT2D eigenvalue weighted by molar-refractivity contribution is 9.10. The van der Waals surface area contributed by atoms with Gasteiger partial charge < -0.3 is 54.5 Å². The Bertz CT molecular complexity index is 3930. The standard InChI is InChI=1S/C20H17N7O.C14H12BrN3O.C12H9N7.C6H6N4/c1-13-20(21-2)23-10-19(25-13)26-18-8-17-16(9-22-18)24-12-27(17)11-14-4-6-15(28-3)7-5-14;1-19-11-4-2-10(3-5-11)8-18-9-17-12-7-16-14(15)6-13(12)18;1-7-12(13-2)15-5-11(18-7)19-10-3-8-9(4-14-10)17-6-16-8;1-4-6(8-2)9-3-5(7)10-4/h4-10,12H,11H2,1,3H3,(H,22,25,26);2-7,9H,8H2,1H3;3-6H,1H3,(H,16,17)(H,14,18,19);3H,1H3,(H2,7,10). The average Bonchev–Trinajstić information content (AvgIpc) is 4.19. The number of aryl methyl sites for hydroxylation is 3. The molecule has 11 aromatic rings. The lowest BCUT2D eigenvalue weighted by Gasteiger charge is -2.08. The zero-order chi connectivity index (χ0) is 53.6. The fourth-order valence-corrected chi connectivity index (χ4v) is 7.45. The Kier molecular flexibility index (Phi) is 16.6. The number of H-pyrrole nitrogens is 1. The average molecular weight is 1070 g/mol. The van der Waals surface area contributed by atoms with Crippen molar-refractivity contribution in [2.24, 2.45) is 0 Å². The number of nitrogens with one attached hydrogen (secondary N) is 3. The molecule has 0 saturated carbocycles. The van der Waals surface area contributed by atoms with Gasteiger partial charge in [-0.05, 0) is 78.2 Å². The molecule has 0 radical (unpaired) electrons. The first kappa shape index (κ1) is 51.8. The van der Waals surface area contributed by atoms with Gasteiger partial charge in [0.2, 0.25) is 0 Å². The number of nitrogen functional groups attached to an aromatic ring is 1. The molecular formula is C52H44BrN21O2. The number of aromatic nitrogens is 15. The lowest BCUT2D eigenvalue weighted by molar-refractivity contribution is 0.414. The molecule has 0 aliphatic carbocycles. The number of benzene rings is 2. The molecule has 76 heavy (non-hydrogen) atoms. The molecule has 0 spiro atoms. The van der Waals surface area contributed by atoms with Gasteiger partial charge in [0.1, 0.15) is 38.8 Å². The van der Waals surface area contributed by atoms with Gasteiger partial charge in [0.15, 0.2) is 36.0 Å². The Morgan fingerprint density at radius 1 is 0.539 bits per heavy atom. The third-order valence-electron chi connectivity index (χ3n) is 10.9. The normalized spacial score (nSPS) is 10.4. The number of pyridine rings is 3. The number of anilines is 5. The van der Waals surface area contributed by atoms with Gasteiger partial charge in [-0.3, -0.25) is 0 Å². The van der Waals surface area contributed by atoms with Crippen molar-refractivity contribution in [3.63, 3.8) is 0 Å². The molecule has 0 amide bonds. The molecule has 0 aliphatic heterocycles. The van der Waals surface area contributed by atoms with Gasteiger partial charge in [-0.1, -0.05) is 44.0 Å². The van der Waals surface area contributed by atoms with Gasteiger partial charge >= 0.3 is 0 Å². The zero-order valence-electron chi connectivity index (χ0n) is 41.3. The number of nitrogens with two attached hydrogens (primary N) is 1. The van der Waals surface area contributed by atoms with E-state index in [1.165, 1.54) is 24.2 Å². The fraction of sp³-hybridized carbons (Fsp3) is 0.135. The van der Waals surface area contributed by atoms with Crippen LogP contribution in [0.3, 0.4) is 0 Å². The van der Waals surface area contributed by atoms with Crippen LogP contribution in [0, 0.1) is 40.5 Å². The molecule has 0 fully saturated rings. The minimum Gasteiger partial charge on any atom is -0.497 e. The molecule has 376 valence electrons. The SMILES string of the molecule is COc1ccc(Cn2cnc3cnc(Br)cc32)cc1.[C-]#[N+]c1ncc(N)nc1C.[C-]#[N+]c1ncc(Nc2cc3c(cn2)ncn3Cc2ccc(OC)cc2)nc1C.[C-]#[N+]c1ncc(Nc2cc3nc[nH]c3cn2)nc1C. The minimum absolute atomic E-state index is 0.298. The van der Waals surface area contributed by atoms with Crippen molar-refractivity contribution in [3.8, 4) is 11.5 Å². The van der Waals surface area contributed by atoms with E-state index < -0.39 is 0 Å². The van der Waals surface area contributed by atoms with Crippen LogP contribution in [0.25, 0.3) is 47.6 Å². The van der Waals surface area contributed by atoms with Crippen LogP contribution in [-0.2, 0) is 13.1 Å².